The minimum atomic E-state index is -0.249. The lowest BCUT2D eigenvalue weighted by Crippen LogP contribution is -2.18. The maximum Gasteiger partial charge on any atom is 0.271 e. The van der Waals surface area contributed by atoms with Crippen molar-refractivity contribution in [3.05, 3.63) is 29.8 Å². The first-order valence-corrected chi connectivity index (χ1v) is 5.80. The van der Waals surface area contributed by atoms with Gasteiger partial charge >= 0.3 is 0 Å². The molecule has 2 rings (SSSR count). The number of anilines is 1. The van der Waals surface area contributed by atoms with E-state index in [1.807, 2.05) is 6.92 Å². The SMILES string of the molecule is CCc1nc(NN)cc(-n2ccc(C(=O)NC)n2)n1. The maximum atomic E-state index is 11.5. The highest BCUT2D eigenvalue weighted by Gasteiger charge is 2.10. The molecule has 0 spiro atoms. The molecule has 0 aliphatic rings. The van der Waals surface area contributed by atoms with Gasteiger partial charge in [0.05, 0.1) is 0 Å². The molecule has 4 N–H and O–H groups in total. The molecule has 0 aliphatic carbocycles. The van der Waals surface area contributed by atoms with E-state index in [0.717, 1.165) is 0 Å². The van der Waals surface area contributed by atoms with Crippen LogP contribution in [0.4, 0.5) is 5.82 Å². The van der Waals surface area contributed by atoms with Crippen LogP contribution in [0.3, 0.4) is 0 Å². The van der Waals surface area contributed by atoms with Crippen LogP contribution in [-0.4, -0.2) is 32.7 Å². The summed E-state index contributed by atoms with van der Waals surface area (Å²) in [6.45, 7) is 1.94. The van der Waals surface area contributed by atoms with Crippen molar-refractivity contribution in [3.8, 4) is 5.82 Å². The number of aromatic nitrogens is 4. The summed E-state index contributed by atoms with van der Waals surface area (Å²) in [4.78, 5) is 20.0. The molecular formula is C11H15N7O. The van der Waals surface area contributed by atoms with Crippen LogP contribution in [-0.2, 0) is 6.42 Å². The van der Waals surface area contributed by atoms with Crippen LogP contribution in [0.15, 0.2) is 18.3 Å². The standard InChI is InChI=1S/C11H15N7O/c1-3-8-14-9(16-12)6-10(15-8)18-5-4-7(17-18)11(19)13-2/h4-6H,3,12H2,1-2H3,(H,13,19)(H,14,15,16). The molecule has 2 heterocycles. The van der Waals surface area contributed by atoms with Gasteiger partial charge < -0.3 is 10.7 Å². The van der Waals surface area contributed by atoms with Crippen LogP contribution < -0.4 is 16.6 Å². The summed E-state index contributed by atoms with van der Waals surface area (Å²) in [5, 5.41) is 6.66. The normalized spacial score (nSPS) is 10.3. The van der Waals surface area contributed by atoms with Gasteiger partial charge in [-0.1, -0.05) is 6.92 Å². The zero-order valence-electron chi connectivity index (χ0n) is 10.7. The van der Waals surface area contributed by atoms with Crippen molar-refractivity contribution in [2.24, 2.45) is 5.84 Å². The third-order valence-electron chi connectivity index (χ3n) is 2.51. The van der Waals surface area contributed by atoms with Crippen LogP contribution in [0.25, 0.3) is 5.82 Å². The largest absolute Gasteiger partial charge is 0.354 e. The molecule has 0 saturated heterocycles. The maximum absolute atomic E-state index is 11.5. The lowest BCUT2D eigenvalue weighted by molar-refractivity contribution is 0.0957. The van der Waals surface area contributed by atoms with E-state index in [2.05, 4.69) is 25.8 Å². The summed E-state index contributed by atoms with van der Waals surface area (Å²) in [6, 6.07) is 3.27. The number of aryl methyl sites for hydroxylation is 1. The zero-order chi connectivity index (χ0) is 13.8. The predicted molar refractivity (Wildman–Crippen MR) is 69.7 cm³/mol. The van der Waals surface area contributed by atoms with Gasteiger partial charge in [0.1, 0.15) is 11.6 Å². The van der Waals surface area contributed by atoms with E-state index in [1.165, 1.54) is 4.68 Å². The minimum Gasteiger partial charge on any atom is -0.354 e. The fraction of sp³-hybridized carbons (Fsp3) is 0.273. The van der Waals surface area contributed by atoms with Gasteiger partial charge in [-0.15, -0.1) is 0 Å². The van der Waals surface area contributed by atoms with Crippen molar-refractivity contribution in [1.29, 1.82) is 0 Å². The molecule has 100 valence electrons. The third-order valence-corrected chi connectivity index (χ3v) is 2.51. The Labute approximate surface area is 110 Å². The molecule has 0 radical (unpaired) electrons. The lowest BCUT2D eigenvalue weighted by atomic mass is 10.4. The van der Waals surface area contributed by atoms with Gasteiger partial charge in [-0.2, -0.15) is 5.10 Å². The number of nitrogens with two attached hydrogens (primary N) is 1. The number of hydrogen-bond donors (Lipinski definition) is 3. The first-order chi connectivity index (χ1) is 9.17. The quantitative estimate of drug-likeness (QED) is 0.522. The van der Waals surface area contributed by atoms with Crippen molar-refractivity contribution >= 4 is 11.7 Å². The van der Waals surface area contributed by atoms with Crippen molar-refractivity contribution in [3.63, 3.8) is 0 Å². The number of amides is 1. The molecule has 2 aromatic rings. The van der Waals surface area contributed by atoms with E-state index >= 15 is 0 Å². The molecule has 19 heavy (non-hydrogen) atoms. The highest BCUT2D eigenvalue weighted by atomic mass is 16.1. The highest BCUT2D eigenvalue weighted by Crippen LogP contribution is 2.11. The Morgan fingerprint density at radius 2 is 2.26 bits per heavy atom. The van der Waals surface area contributed by atoms with Crippen LogP contribution in [0, 0.1) is 0 Å². The molecule has 0 fully saturated rings. The Hall–Kier alpha value is -2.48. The molecule has 0 unspecified atom stereocenters. The van der Waals surface area contributed by atoms with Crippen LogP contribution >= 0.6 is 0 Å². The monoisotopic (exact) mass is 261 g/mol. The van der Waals surface area contributed by atoms with Gasteiger partial charge in [-0.05, 0) is 6.07 Å². The van der Waals surface area contributed by atoms with Crippen LogP contribution in [0.5, 0.6) is 0 Å². The second-order valence-electron chi connectivity index (χ2n) is 3.75. The van der Waals surface area contributed by atoms with Crippen LogP contribution in [0.2, 0.25) is 0 Å². The second-order valence-corrected chi connectivity index (χ2v) is 3.75. The van der Waals surface area contributed by atoms with Gasteiger partial charge in [-0.3, -0.25) is 4.79 Å². The van der Waals surface area contributed by atoms with Gasteiger partial charge in [0.15, 0.2) is 11.5 Å². The third kappa shape index (κ3) is 2.68. The molecule has 8 nitrogen and oxygen atoms in total. The number of hydrogen-bond acceptors (Lipinski definition) is 6. The van der Waals surface area contributed by atoms with Crippen LogP contribution in [0.1, 0.15) is 23.2 Å². The number of nitrogens with one attached hydrogen (secondary N) is 2. The molecule has 0 atom stereocenters. The number of hydrazine groups is 1. The average Bonchev–Trinajstić information content (AvgIpc) is 2.95. The van der Waals surface area contributed by atoms with Gasteiger partial charge in [-0.25, -0.2) is 20.5 Å². The Kier molecular flexibility index (Phi) is 3.71. The van der Waals surface area contributed by atoms with Gasteiger partial charge in [0.2, 0.25) is 0 Å². The number of rotatable bonds is 4. The van der Waals surface area contributed by atoms with Crippen molar-refractivity contribution in [1.82, 2.24) is 25.1 Å². The highest BCUT2D eigenvalue weighted by molar-refractivity contribution is 5.91. The number of nitrogen functional groups attached to an aromatic ring is 1. The number of nitrogens with zero attached hydrogens (tertiary/aromatic N) is 4. The average molecular weight is 261 g/mol. The fourth-order valence-electron chi connectivity index (χ4n) is 1.53. The smallest absolute Gasteiger partial charge is 0.271 e. The molecule has 1 amide bonds. The Morgan fingerprint density at radius 1 is 1.47 bits per heavy atom. The first-order valence-electron chi connectivity index (χ1n) is 5.80. The number of carbonyl (C=O) groups excluding carboxylic acids is 1. The Bertz CT molecular complexity index is 570. The van der Waals surface area contributed by atoms with Crippen molar-refractivity contribution < 1.29 is 4.79 Å². The molecule has 0 aromatic carbocycles. The summed E-state index contributed by atoms with van der Waals surface area (Å²) < 4.78 is 1.51. The topological polar surface area (TPSA) is 111 Å². The van der Waals surface area contributed by atoms with Gasteiger partial charge in [0.25, 0.3) is 5.91 Å². The van der Waals surface area contributed by atoms with E-state index in [0.29, 0.717) is 29.6 Å². The Morgan fingerprint density at radius 3 is 2.89 bits per heavy atom. The Balaban J connectivity index is 2.40. The van der Waals surface area contributed by atoms with Crippen molar-refractivity contribution in [2.75, 3.05) is 12.5 Å². The zero-order valence-corrected chi connectivity index (χ0v) is 10.7. The van der Waals surface area contributed by atoms with E-state index in [1.54, 1.807) is 25.4 Å². The summed E-state index contributed by atoms with van der Waals surface area (Å²) in [7, 11) is 1.55. The van der Waals surface area contributed by atoms with E-state index < -0.39 is 0 Å². The summed E-state index contributed by atoms with van der Waals surface area (Å²) in [5.41, 5.74) is 2.80. The number of carbonyl (C=O) groups is 1. The van der Waals surface area contributed by atoms with E-state index in [4.69, 9.17) is 5.84 Å². The van der Waals surface area contributed by atoms with Crippen molar-refractivity contribution in [2.45, 2.75) is 13.3 Å². The fourth-order valence-corrected chi connectivity index (χ4v) is 1.53. The molecule has 0 bridgehead atoms. The van der Waals surface area contributed by atoms with E-state index in [-0.39, 0.29) is 5.91 Å². The van der Waals surface area contributed by atoms with Gasteiger partial charge in [0, 0.05) is 25.7 Å². The second kappa shape index (κ2) is 5.44. The molecule has 0 aliphatic heterocycles. The lowest BCUT2D eigenvalue weighted by Gasteiger charge is -2.06. The van der Waals surface area contributed by atoms with E-state index in [9.17, 15) is 4.79 Å². The summed E-state index contributed by atoms with van der Waals surface area (Å²) in [5.74, 6) is 6.80. The molecular weight excluding hydrogens is 246 g/mol. The summed E-state index contributed by atoms with van der Waals surface area (Å²) in [6.07, 6.45) is 2.33. The first kappa shape index (κ1) is 13.0. The molecule has 0 saturated carbocycles. The summed E-state index contributed by atoms with van der Waals surface area (Å²) >= 11 is 0. The predicted octanol–water partition coefficient (Wildman–Crippen LogP) is -0.130. The molecule has 8 heteroatoms. The minimum absolute atomic E-state index is 0.249. The molecule has 2 aromatic heterocycles.